The van der Waals surface area contributed by atoms with Crippen molar-refractivity contribution in [2.24, 2.45) is 11.8 Å². The topological polar surface area (TPSA) is 94.1 Å². The minimum absolute atomic E-state index is 0.0647. The Kier molecular flexibility index (Phi) is 8.57. The lowest BCUT2D eigenvalue weighted by molar-refractivity contribution is -0.134. The minimum Gasteiger partial charge on any atom is -0.488 e. The molecule has 2 aliphatic rings. The van der Waals surface area contributed by atoms with Crippen molar-refractivity contribution in [2.45, 2.75) is 45.3 Å². The van der Waals surface area contributed by atoms with Crippen LogP contribution in [0.3, 0.4) is 0 Å². The molecule has 3 aromatic rings. The molecule has 0 saturated heterocycles. The summed E-state index contributed by atoms with van der Waals surface area (Å²) in [6, 6.07) is 18.5. The number of nitrogens with one attached hydrogen (secondary N) is 2. The van der Waals surface area contributed by atoms with Crippen LogP contribution in [0, 0.1) is 11.8 Å². The number of urea groups is 1. The SMILES string of the molecule is C[C@@H]1CN([C@H](C)CO)C(=O)Cc2cc(NC(=O)Nc3cccc4ccccc34)ccc2O[C@@H]1CN(C)CC1CC1. The summed E-state index contributed by atoms with van der Waals surface area (Å²) in [7, 11) is 2.13. The lowest BCUT2D eigenvalue weighted by atomic mass is 10.0. The van der Waals surface area contributed by atoms with E-state index in [0.29, 0.717) is 23.5 Å². The van der Waals surface area contributed by atoms with Gasteiger partial charge in [0.05, 0.1) is 24.8 Å². The smallest absolute Gasteiger partial charge is 0.323 e. The first-order chi connectivity index (χ1) is 19.3. The zero-order chi connectivity index (χ0) is 28.2. The van der Waals surface area contributed by atoms with Crippen molar-refractivity contribution < 1.29 is 19.4 Å². The van der Waals surface area contributed by atoms with Crippen LogP contribution in [-0.2, 0) is 11.2 Å². The Labute approximate surface area is 236 Å². The van der Waals surface area contributed by atoms with Crippen molar-refractivity contribution >= 4 is 34.1 Å². The fourth-order valence-electron chi connectivity index (χ4n) is 5.47. The fourth-order valence-corrected chi connectivity index (χ4v) is 5.47. The van der Waals surface area contributed by atoms with Gasteiger partial charge in [0.2, 0.25) is 5.91 Å². The lowest BCUT2D eigenvalue weighted by Crippen LogP contribution is -2.47. The van der Waals surface area contributed by atoms with Crippen molar-refractivity contribution in [1.82, 2.24) is 9.80 Å². The molecule has 1 fully saturated rings. The number of fused-ring (bicyclic) bond motifs is 2. The normalized spacial score (nSPS) is 20.2. The molecule has 3 N–H and O–H groups in total. The maximum atomic E-state index is 13.5. The number of ether oxygens (including phenoxy) is 1. The first-order valence-corrected chi connectivity index (χ1v) is 14.2. The number of amides is 3. The van der Waals surface area contributed by atoms with Gasteiger partial charge in [0.15, 0.2) is 0 Å². The average Bonchev–Trinajstić information content (AvgIpc) is 3.75. The predicted octanol–water partition coefficient (Wildman–Crippen LogP) is 4.97. The third-order valence-corrected chi connectivity index (χ3v) is 7.97. The van der Waals surface area contributed by atoms with E-state index in [0.717, 1.165) is 35.5 Å². The highest BCUT2D eigenvalue weighted by atomic mass is 16.5. The molecule has 212 valence electrons. The van der Waals surface area contributed by atoms with E-state index >= 15 is 0 Å². The van der Waals surface area contributed by atoms with E-state index < -0.39 is 0 Å². The first kappa shape index (κ1) is 27.9. The Morgan fingerprint density at radius 2 is 1.88 bits per heavy atom. The summed E-state index contributed by atoms with van der Waals surface area (Å²) in [4.78, 5) is 30.5. The Morgan fingerprint density at radius 3 is 2.65 bits per heavy atom. The van der Waals surface area contributed by atoms with Gasteiger partial charge in [0.1, 0.15) is 11.9 Å². The van der Waals surface area contributed by atoms with Gasteiger partial charge in [-0.3, -0.25) is 4.79 Å². The number of nitrogens with zero attached hydrogens (tertiary/aromatic N) is 2. The van der Waals surface area contributed by atoms with E-state index in [2.05, 4.69) is 29.5 Å². The molecule has 8 nitrogen and oxygen atoms in total. The molecule has 0 spiro atoms. The van der Waals surface area contributed by atoms with Crippen LogP contribution in [0.1, 0.15) is 32.3 Å². The number of aliphatic hydroxyl groups is 1. The molecule has 1 aliphatic carbocycles. The molecule has 3 amide bonds. The van der Waals surface area contributed by atoms with Crippen molar-refractivity contribution in [3.8, 4) is 5.75 Å². The second-order valence-corrected chi connectivity index (χ2v) is 11.5. The number of hydrogen-bond donors (Lipinski definition) is 3. The number of anilines is 2. The van der Waals surface area contributed by atoms with Gasteiger partial charge in [-0.15, -0.1) is 0 Å². The molecule has 0 aromatic heterocycles. The fraction of sp³-hybridized carbons (Fsp3) is 0.438. The van der Waals surface area contributed by atoms with E-state index in [1.807, 2.05) is 67.6 Å². The Hall–Kier alpha value is -3.62. The van der Waals surface area contributed by atoms with Gasteiger partial charge in [-0.2, -0.15) is 0 Å². The Bertz CT molecular complexity index is 1350. The summed E-state index contributed by atoms with van der Waals surface area (Å²) < 4.78 is 6.60. The number of aliphatic hydroxyl groups excluding tert-OH is 1. The highest BCUT2D eigenvalue weighted by Crippen LogP contribution is 2.32. The molecule has 40 heavy (non-hydrogen) atoms. The van der Waals surface area contributed by atoms with Gasteiger partial charge in [-0.1, -0.05) is 43.3 Å². The Balaban J connectivity index is 1.37. The van der Waals surface area contributed by atoms with Crippen molar-refractivity contribution in [1.29, 1.82) is 0 Å². The van der Waals surface area contributed by atoms with E-state index in [-0.39, 0.29) is 43.0 Å². The molecule has 0 unspecified atom stereocenters. The summed E-state index contributed by atoms with van der Waals surface area (Å²) in [5, 5.41) is 17.7. The van der Waals surface area contributed by atoms with E-state index in [9.17, 15) is 14.7 Å². The summed E-state index contributed by atoms with van der Waals surface area (Å²) in [5.41, 5.74) is 2.01. The van der Waals surface area contributed by atoms with Crippen molar-refractivity contribution in [3.63, 3.8) is 0 Å². The van der Waals surface area contributed by atoms with Gasteiger partial charge < -0.3 is 30.3 Å². The average molecular weight is 545 g/mol. The third kappa shape index (κ3) is 6.74. The maximum Gasteiger partial charge on any atom is 0.323 e. The monoisotopic (exact) mass is 544 g/mol. The highest BCUT2D eigenvalue weighted by molar-refractivity contribution is 6.06. The van der Waals surface area contributed by atoms with Gasteiger partial charge in [-0.25, -0.2) is 4.79 Å². The molecule has 0 radical (unpaired) electrons. The maximum absolute atomic E-state index is 13.5. The van der Waals surface area contributed by atoms with Crippen LogP contribution in [0.25, 0.3) is 10.8 Å². The number of rotatable bonds is 8. The molecule has 3 atom stereocenters. The van der Waals surface area contributed by atoms with Gasteiger partial charge >= 0.3 is 6.03 Å². The molecule has 1 aliphatic heterocycles. The second-order valence-electron chi connectivity index (χ2n) is 11.5. The number of carbonyl (C=O) groups excluding carboxylic acids is 2. The second kappa shape index (κ2) is 12.3. The summed E-state index contributed by atoms with van der Waals surface area (Å²) in [6.45, 7) is 6.18. The van der Waals surface area contributed by atoms with Gasteiger partial charge in [0.25, 0.3) is 0 Å². The summed E-state index contributed by atoms with van der Waals surface area (Å²) >= 11 is 0. The molecule has 0 bridgehead atoms. The standard InChI is InChI=1S/C32H40N4O4/c1-21-17-36(22(2)20-37)31(38)16-25-15-26(13-14-29(25)40-30(21)19-35(3)18-23-11-12-23)33-32(39)34-28-10-6-8-24-7-4-5-9-27(24)28/h4-10,13-15,21-23,30,37H,11-12,16-20H2,1-3H3,(H2,33,34,39)/t21-,22-,30-/m1/s1. The number of hydrogen-bond acceptors (Lipinski definition) is 5. The largest absolute Gasteiger partial charge is 0.488 e. The third-order valence-electron chi connectivity index (χ3n) is 7.97. The van der Waals surface area contributed by atoms with Gasteiger partial charge in [-0.05, 0) is 62.4 Å². The van der Waals surface area contributed by atoms with Crippen LogP contribution in [-0.4, -0.2) is 72.3 Å². The molecule has 1 saturated carbocycles. The van der Waals surface area contributed by atoms with Crippen LogP contribution in [0.15, 0.2) is 60.7 Å². The summed E-state index contributed by atoms with van der Waals surface area (Å²) in [6.07, 6.45) is 2.57. The first-order valence-electron chi connectivity index (χ1n) is 14.2. The molecule has 1 heterocycles. The number of likely N-dealkylation sites (N-methyl/N-ethyl adjacent to an activating group) is 1. The zero-order valence-electron chi connectivity index (χ0n) is 23.6. The molecule has 5 rings (SSSR count). The van der Waals surface area contributed by atoms with Crippen molar-refractivity contribution in [3.05, 3.63) is 66.2 Å². The van der Waals surface area contributed by atoms with Crippen LogP contribution in [0.5, 0.6) is 5.75 Å². The molecular weight excluding hydrogens is 504 g/mol. The molecular formula is C32H40N4O4. The van der Waals surface area contributed by atoms with Crippen LogP contribution >= 0.6 is 0 Å². The molecule has 3 aromatic carbocycles. The van der Waals surface area contributed by atoms with E-state index in [1.165, 1.54) is 12.8 Å². The van der Waals surface area contributed by atoms with Gasteiger partial charge in [0, 0.05) is 42.2 Å². The van der Waals surface area contributed by atoms with E-state index in [4.69, 9.17) is 4.74 Å². The van der Waals surface area contributed by atoms with E-state index in [1.54, 1.807) is 4.90 Å². The van der Waals surface area contributed by atoms with Crippen LogP contribution < -0.4 is 15.4 Å². The molecule has 8 heteroatoms. The van der Waals surface area contributed by atoms with Crippen molar-refractivity contribution in [2.75, 3.05) is 43.9 Å². The number of carbonyl (C=O) groups is 2. The zero-order valence-corrected chi connectivity index (χ0v) is 23.6. The lowest BCUT2D eigenvalue weighted by Gasteiger charge is -2.34. The quantitative estimate of drug-likeness (QED) is 0.372. The highest BCUT2D eigenvalue weighted by Gasteiger charge is 2.32. The number of benzene rings is 3. The predicted molar refractivity (Wildman–Crippen MR) is 159 cm³/mol. The minimum atomic E-state index is -0.365. The Morgan fingerprint density at radius 1 is 1.10 bits per heavy atom. The van der Waals surface area contributed by atoms with Crippen LogP contribution in [0.2, 0.25) is 0 Å². The summed E-state index contributed by atoms with van der Waals surface area (Å²) in [5.74, 6) is 1.42. The van der Waals surface area contributed by atoms with Crippen LogP contribution in [0.4, 0.5) is 16.2 Å².